The summed E-state index contributed by atoms with van der Waals surface area (Å²) in [5.74, 6) is -0.604. The number of carboxylic acid groups (broad SMARTS) is 1. The monoisotopic (exact) mass is 287 g/mol. The minimum atomic E-state index is -1.03. The Morgan fingerprint density at radius 1 is 1.19 bits per heavy atom. The predicted octanol–water partition coefficient (Wildman–Crippen LogP) is 2.91. The second-order valence-electron chi connectivity index (χ2n) is 4.32. The van der Waals surface area contributed by atoms with E-state index < -0.39 is 10.9 Å². The van der Waals surface area contributed by atoms with E-state index in [4.69, 9.17) is 9.84 Å². The van der Waals surface area contributed by atoms with Gasteiger partial charge in [-0.1, -0.05) is 24.3 Å². The van der Waals surface area contributed by atoms with Crippen molar-refractivity contribution in [2.24, 2.45) is 0 Å². The van der Waals surface area contributed by atoms with Crippen molar-refractivity contribution < 1.29 is 19.6 Å². The molecular formula is C15H13NO5. The molecule has 2 aromatic carbocycles. The van der Waals surface area contributed by atoms with E-state index in [-0.39, 0.29) is 17.9 Å². The Bertz CT molecular complexity index is 669. The number of carboxylic acids is 1. The molecule has 21 heavy (non-hydrogen) atoms. The van der Waals surface area contributed by atoms with Crippen LogP contribution in [0.1, 0.15) is 15.9 Å². The third-order valence-electron chi connectivity index (χ3n) is 2.91. The summed E-state index contributed by atoms with van der Waals surface area (Å²) in [4.78, 5) is 21.3. The van der Waals surface area contributed by atoms with Crippen molar-refractivity contribution in [1.29, 1.82) is 0 Å². The van der Waals surface area contributed by atoms with Crippen molar-refractivity contribution in [3.8, 4) is 5.75 Å². The summed E-state index contributed by atoms with van der Waals surface area (Å²) in [7, 11) is 0. The summed E-state index contributed by atoms with van der Waals surface area (Å²) in [6.07, 6.45) is 0.369. The molecule has 0 atom stereocenters. The van der Waals surface area contributed by atoms with Crippen LogP contribution in [-0.2, 0) is 6.42 Å². The van der Waals surface area contributed by atoms with Crippen LogP contribution in [-0.4, -0.2) is 22.6 Å². The van der Waals surface area contributed by atoms with Gasteiger partial charge in [0.25, 0.3) is 5.69 Å². The summed E-state index contributed by atoms with van der Waals surface area (Å²) in [6.45, 7) is 0.230. The molecule has 0 aromatic heterocycles. The van der Waals surface area contributed by atoms with Crippen molar-refractivity contribution in [3.63, 3.8) is 0 Å². The standard InChI is InChI=1S/C15H13NO5/c17-15(18)12-5-3-6-13(10-12)21-9-8-11-4-1-2-7-14(11)16(19)20/h1-7,10H,8-9H2,(H,17,18). The summed E-state index contributed by atoms with van der Waals surface area (Å²) in [5, 5.41) is 19.8. The van der Waals surface area contributed by atoms with Gasteiger partial charge in [0.15, 0.2) is 0 Å². The Kier molecular flexibility index (Phi) is 4.50. The number of nitro benzene ring substituents is 1. The lowest BCUT2D eigenvalue weighted by Gasteiger charge is -2.07. The number of ether oxygens (including phenoxy) is 1. The number of aromatic carboxylic acids is 1. The van der Waals surface area contributed by atoms with E-state index in [2.05, 4.69) is 0 Å². The molecule has 6 nitrogen and oxygen atoms in total. The van der Waals surface area contributed by atoms with Crippen LogP contribution < -0.4 is 4.74 Å². The molecule has 6 heteroatoms. The fourth-order valence-electron chi connectivity index (χ4n) is 1.90. The molecule has 0 heterocycles. The van der Waals surface area contributed by atoms with Crippen LogP contribution in [0.5, 0.6) is 5.75 Å². The molecule has 0 aliphatic carbocycles. The topological polar surface area (TPSA) is 89.7 Å². The smallest absolute Gasteiger partial charge is 0.335 e. The zero-order chi connectivity index (χ0) is 15.2. The highest BCUT2D eigenvalue weighted by molar-refractivity contribution is 5.87. The first-order valence-electron chi connectivity index (χ1n) is 6.26. The maximum absolute atomic E-state index is 10.9. The van der Waals surface area contributed by atoms with Crippen LogP contribution in [0.2, 0.25) is 0 Å². The van der Waals surface area contributed by atoms with E-state index in [1.54, 1.807) is 30.3 Å². The lowest BCUT2D eigenvalue weighted by atomic mass is 10.1. The second kappa shape index (κ2) is 6.51. The lowest BCUT2D eigenvalue weighted by molar-refractivity contribution is -0.385. The van der Waals surface area contributed by atoms with Gasteiger partial charge in [-0.05, 0) is 18.2 Å². The number of nitrogens with zero attached hydrogens (tertiary/aromatic N) is 1. The van der Waals surface area contributed by atoms with Gasteiger partial charge in [0.05, 0.1) is 17.1 Å². The minimum absolute atomic E-state index is 0.0559. The molecule has 0 saturated heterocycles. The maximum atomic E-state index is 10.9. The maximum Gasteiger partial charge on any atom is 0.335 e. The van der Waals surface area contributed by atoms with E-state index in [0.29, 0.717) is 17.7 Å². The van der Waals surface area contributed by atoms with Crippen LogP contribution in [0.15, 0.2) is 48.5 Å². The first-order chi connectivity index (χ1) is 10.1. The van der Waals surface area contributed by atoms with Gasteiger partial charge < -0.3 is 9.84 Å². The number of carbonyl (C=O) groups is 1. The van der Waals surface area contributed by atoms with Crippen molar-refractivity contribution >= 4 is 11.7 Å². The highest BCUT2D eigenvalue weighted by Gasteiger charge is 2.12. The van der Waals surface area contributed by atoms with Gasteiger partial charge in [0.1, 0.15) is 5.75 Å². The number of hydrogen-bond acceptors (Lipinski definition) is 4. The zero-order valence-electron chi connectivity index (χ0n) is 11.1. The Labute approximate surface area is 120 Å². The number of para-hydroxylation sites is 1. The fraction of sp³-hybridized carbons (Fsp3) is 0.133. The number of nitro groups is 1. The second-order valence-corrected chi connectivity index (χ2v) is 4.32. The summed E-state index contributed by atoms with van der Waals surface area (Å²) in [6, 6.07) is 12.6. The lowest BCUT2D eigenvalue weighted by Crippen LogP contribution is -2.04. The third-order valence-corrected chi connectivity index (χ3v) is 2.91. The Balaban J connectivity index is 2.00. The van der Waals surface area contributed by atoms with E-state index in [1.165, 1.54) is 18.2 Å². The van der Waals surface area contributed by atoms with Crippen molar-refractivity contribution in [2.45, 2.75) is 6.42 Å². The largest absolute Gasteiger partial charge is 0.493 e. The molecule has 0 radical (unpaired) electrons. The van der Waals surface area contributed by atoms with E-state index >= 15 is 0 Å². The molecule has 0 aliphatic rings. The van der Waals surface area contributed by atoms with Gasteiger partial charge in [-0.25, -0.2) is 4.79 Å². The molecule has 108 valence electrons. The number of benzene rings is 2. The molecule has 0 saturated carbocycles. The van der Waals surface area contributed by atoms with Gasteiger partial charge in [0, 0.05) is 18.1 Å². The molecule has 0 spiro atoms. The Morgan fingerprint density at radius 2 is 1.95 bits per heavy atom. The SMILES string of the molecule is O=C(O)c1cccc(OCCc2ccccc2[N+](=O)[O-])c1. The predicted molar refractivity (Wildman–Crippen MR) is 75.7 cm³/mol. The van der Waals surface area contributed by atoms with Gasteiger partial charge in [-0.15, -0.1) is 0 Å². The summed E-state index contributed by atoms with van der Waals surface area (Å²) in [5.41, 5.74) is 0.774. The molecule has 0 aliphatic heterocycles. The average Bonchev–Trinajstić information content (AvgIpc) is 2.48. The summed E-state index contributed by atoms with van der Waals surface area (Å²) < 4.78 is 5.45. The summed E-state index contributed by atoms with van der Waals surface area (Å²) >= 11 is 0. The third kappa shape index (κ3) is 3.79. The molecule has 0 unspecified atom stereocenters. The van der Waals surface area contributed by atoms with Gasteiger partial charge in [-0.3, -0.25) is 10.1 Å². The van der Waals surface area contributed by atoms with Crippen LogP contribution >= 0.6 is 0 Å². The highest BCUT2D eigenvalue weighted by Crippen LogP contribution is 2.19. The van der Waals surface area contributed by atoms with Gasteiger partial charge in [0.2, 0.25) is 0 Å². The van der Waals surface area contributed by atoms with E-state index in [0.717, 1.165) is 0 Å². The quantitative estimate of drug-likeness (QED) is 0.651. The first kappa shape index (κ1) is 14.5. The molecule has 0 fully saturated rings. The molecule has 0 amide bonds. The Hall–Kier alpha value is -2.89. The van der Waals surface area contributed by atoms with E-state index in [9.17, 15) is 14.9 Å². The van der Waals surface area contributed by atoms with E-state index in [1.807, 2.05) is 0 Å². The number of hydrogen-bond donors (Lipinski definition) is 1. The molecule has 0 bridgehead atoms. The highest BCUT2D eigenvalue weighted by atomic mass is 16.6. The van der Waals surface area contributed by atoms with Crippen molar-refractivity contribution in [2.75, 3.05) is 6.61 Å². The first-order valence-corrected chi connectivity index (χ1v) is 6.26. The Morgan fingerprint density at radius 3 is 2.67 bits per heavy atom. The minimum Gasteiger partial charge on any atom is -0.493 e. The zero-order valence-corrected chi connectivity index (χ0v) is 11.1. The normalized spacial score (nSPS) is 10.1. The van der Waals surface area contributed by atoms with Gasteiger partial charge >= 0.3 is 5.97 Å². The van der Waals surface area contributed by atoms with Crippen LogP contribution in [0.25, 0.3) is 0 Å². The van der Waals surface area contributed by atoms with Crippen molar-refractivity contribution in [1.82, 2.24) is 0 Å². The van der Waals surface area contributed by atoms with Crippen molar-refractivity contribution in [3.05, 3.63) is 69.8 Å². The average molecular weight is 287 g/mol. The van der Waals surface area contributed by atoms with Crippen LogP contribution in [0.3, 0.4) is 0 Å². The molecular weight excluding hydrogens is 274 g/mol. The van der Waals surface area contributed by atoms with Gasteiger partial charge in [-0.2, -0.15) is 0 Å². The molecule has 2 aromatic rings. The molecule has 2 rings (SSSR count). The number of rotatable bonds is 6. The van der Waals surface area contributed by atoms with Crippen LogP contribution in [0, 0.1) is 10.1 Å². The van der Waals surface area contributed by atoms with Crippen LogP contribution in [0.4, 0.5) is 5.69 Å². The fourth-order valence-corrected chi connectivity index (χ4v) is 1.90. The molecule has 1 N–H and O–H groups in total.